The molecule has 4 aromatic carbocycles. The highest BCUT2D eigenvalue weighted by Gasteiger charge is 2.26. The van der Waals surface area contributed by atoms with Crippen molar-refractivity contribution in [3.8, 4) is 5.69 Å². The minimum Gasteiger partial charge on any atom is -0.378 e. The molecule has 0 amide bonds. The summed E-state index contributed by atoms with van der Waals surface area (Å²) < 4.78 is 2.41. The van der Waals surface area contributed by atoms with Gasteiger partial charge in [-0.15, -0.1) is 0 Å². The maximum atomic E-state index is 2.41. The molecule has 0 saturated carbocycles. The van der Waals surface area contributed by atoms with Crippen LogP contribution in [0.15, 0.2) is 97.2 Å². The molecule has 0 aliphatic heterocycles. The van der Waals surface area contributed by atoms with Crippen LogP contribution in [-0.2, 0) is 6.42 Å². The fourth-order valence-corrected chi connectivity index (χ4v) is 5.34. The molecule has 2 nitrogen and oxygen atoms in total. The van der Waals surface area contributed by atoms with Gasteiger partial charge in [0, 0.05) is 43.0 Å². The van der Waals surface area contributed by atoms with Gasteiger partial charge >= 0.3 is 0 Å². The number of benzene rings is 4. The summed E-state index contributed by atoms with van der Waals surface area (Å²) in [6.07, 6.45) is 8.20. The first-order chi connectivity index (χ1) is 16.7. The Morgan fingerprint density at radius 2 is 1.50 bits per heavy atom. The van der Waals surface area contributed by atoms with Gasteiger partial charge in [-0.3, -0.25) is 0 Å². The zero-order valence-electron chi connectivity index (χ0n) is 19.8. The number of fused-ring (bicyclic) bond motifs is 5. The molecule has 0 bridgehead atoms. The van der Waals surface area contributed by atoms with E-state index >= 15 is 0 Å². The molecule has 1 aliphatic carbocycles. The topological polar surface area (TPSA) is 7.12 Å². The number of nitrogens with zero attached hydrogens (tertiary/aromatic N) is 2. The first-order valence-electron chi connectivity index (χ1n) is 12.1. The largest absolute Gasteiger partial charge is 0.378 e. The Morgan fingerprint density at radius 1 is 0.735 bits per heavy atom. The summed E-state index contributed by atoms with van der Waals surface area (Å²) in [7, 11) is 4.17. The fourth-order valence-electron chi connectivity index (χ4n) is 5.34. The van der Waals surface area contributed by atoms with Crippen molar-refractivity contribution in [3.05, 3.63) is 114 Å². The molecule has 1 aliphatic rings. The molecule has 0 radical (unpaired) electrons. The van der Waals surface area contributed by atoms with E-state index < -0.39 is 0 Å². The quantitative estimate of drug-likeness (QED) is 0.212. The monoisotopic (exact) mass is 441 g/mol. The number of allylic oxidation sites excluding steroid dienone is 1. The van der Waals surface area contributed by atoms with Crippen molar-refractivity contribution in [2.45, 2.75) is 19.3 Å². The van der Waals surface area contributed by atoms with Crippen molar-refractivity contribution < 1.29 is 4.57 Å². The average molecular weight is 442 g/mol. The Morgan fingerprint density at radius 3 is 2.29 bits per heavy atom. The number of pyridine rings is 1. The van der Waals surface area contributed by atoms with Crippen LogP contribution in [0.1, 0.15) is 29.5 Å². The molecule has 0 spiro atoms. The predicted molar refractivity (Wildman–Crippen MR) is 145 cm³/mol. The molecule has 6 rings (SSSR count). The lowest BCUT2D eigenvalue weighted by molar-refractivity contribution is -0.566. The Labute approximate surface area is 201 Å². The molecular formula is C32H29N2+. The van der Waals surface area contributed by atoms with Crippen LogP contribution in [0.5, 0.6) is 0 Å². The number of hydrogen-bond donors (Lipinski definition) is 0. The van der Waals surface area contributed by atoms with E-state index in [1.807, 2.05) is 0 Å². The molecule has 1 aromatic heterocycles. The maximum absolute atomic E-state index is 2.41. The second-order valence-corrected chi connectivity index (χ2v) is 9.43. The van der Waals surface area contributed by atoms with Gasteiger partial charge in [0.2, 0.25) is 11.2 Å². The lowest BCUT2D eigenvalue weighted by Crippen LogP contribution is -2.33. The molecule has 166 valence electrons. The van der Waals surface area contributed by atoms with E-state index in [1.165, 1.54) is 61.7 Å². The smallest absolute Gasteiger partial charge is 0.226 e. The van der Waals surface area contributed by atoms with Crippen molar-refractivity contribution in [1.29, 1.82) is 0 Å². The SMILES string of the molecule is CN(C)c1ccc(/C=C2/CCCc3c[n+](-c4ccccc4)c4c(ccc5ccccc54)c32)cc1. The molecule has 0 fully saturated rings. The standard InChI is InChI=1S/C32H29N2/c1-33(2)27-18-15-23(16-19-27)21-25-10-8-11-26-22-34(28-12-4-3-5-13-28)32-29-14-7-6-9-24(29)17-20-30(32)31(25)26/h3-7,9,12-22H,8,10-11H2,1-2H3/q+1. The van der Waals surface area contributed by atoms with Crippen molar-refractivity contribution >= 4 is 39.0 Å². The first-order valence-corrected chi connectivity index (χ1v) is 12.1. The van der Waals surface area contributed by atoms with Gasteiger partial charge in [0.05, 0.1) is 10.8 Å². The molecule has 5 aromatic rings. The van der Waals surface area contributed by atoms with E-state index in [0.29, 0.717) is 0 Å². The van der Waals surface area contributed by atoms with Gasteiger partial charge in [-0.2, -0.15) is 4.57 Å². The van der Waals surface area contributed by atoms with E-state index in [0.717, 1.165) is 12.8 Å². The summed E-state index contributed by atoms with van der Waals surface area (Å²) in [6.45, 7) is 0. The maximum Gasteiger partial charge on any atom is 0.226 e. The molecule has 0 atom stereocenters. The van der Waals surface area contributed by atoms with Crippen LogP contribution >= 0.6 is 0 Å². The van der Waals surface area contributed by atoms with E-state index in [2.05, 4.69) is 127 Å². The van der Waals surface area contributed by atoms with E-state index in [1.54, 1.807) is 0 Å². The van der Waals surface area contributed by atoms with Gasteiger partial charge in [-0.25, -0.2) is 0 Å². The van der Waals surface area contributed by atoms with E-state index in [9.17, 15) is 0 Å². The van der Waals surface area contributed by atoms with Crippen molar-refractivity contribution in [3.63, 3.8) is 0 Å². The van der Waals surface area contributed by atoms with E-state index in [-0.39, 0.29) is 0 Å². The second-order valence-electron chi connectivity index (χ2n) is 9.43. The third kappa shape index (κ3) is 3.56. The number of hydrogen-bond acceptors (Lipinski definition) is 1. The summed E-state index contributed by atoms with van der Waals surface area (Å²) >= 11 is 0. The molecule has 0 N–H and O–H groups in total. The number of para-hydroxylation sites is 1. The predicted octanol–water partition coefficient (Wildman–Crippen LogP) is 7.21. The van der Waals surface area contributed by atoms with Gasteiger partial charge in [-0.05, 0) is 60.1 Å². The number of aromatic nitrogens is 1. The lowest BCUT2D eigenvalue weighted by atomic mass is 9.84. The van der Waals surface area contributed by atoms with Crippen molar-refractivity contribution in [2.75, 3.05) is 19.0 Å². The lowest BCUT2D eigenvalue weighted by Gasteiger charge is -2.21. The van der Waals surface area contributed by atoms with Crippen molar-refractivity contribution in [1.82, 2.24) is 0 Å². The van der Waals surface area contributed by atoms with Gasteiger partial charge in [-0.1, -0.05) is 60.7 Å². The fraction of sp³-hybridized carbons (Fsp3) is 0.156. The molecule has 2 heteroatoms. The highest BCUT2D eigenvalue weighted by molar-refractivity contribution is 6.08. The van der Waals surface area contributed by atoms with Gasteiger partial charge < -0.3 is 4.90 Å². The Hall–Kier alpha value is -3.91. The summed E-state index contributed by atoms with van der Waals surface area (Å²) in [5.41, 5.74) is 9.30. The summed E-state index contributed by atoms with van der Waals surface area (Å²) in [5, 5.41) is 3.92. The molecule has 1 heterocycles. The van der Waals surface area contributed by atoms with Crippen LogP contribution in [0.3, 0.4) is 0 Å². The van der Waals surface area contributed by atoms with Crippen LogP contribution < -0.4 is 9.47 Å². The van der Waals surface area contributed by atoms with Gasteiger partial charge in [0.15, 0.2) is 6.20 Å². The normalized spacial score (nSPS) is 14.5. The zero-order valence-corrected chi connectivity index (χ0v) is 19.8. The molecule has 0 unspecified atom stereocenters. The Balaban J connectivity index is 1.63. The van der Waals surface area contributed by atoms with E-state index in [4.69, 9.17) is 0 Å². The minimum absolute atomic E-state index is 1.11. The van der Waals surface area contributed by atoms with Gasteiger partial charge in [0.1, 0.15) is 0 Å². The van der Waals surface area contributed by atoms with Crippen molar-refractivity contribution in [2.24, 2.45) is 0 Å². The third-order valence-electron chi connectivity index (χ3n) is 7.01. The van der Waals surface area contributed by atoms with Crippen LogP contribution in [0.2, 0.25) is 0 Å². The number of anilines is 1. The van der Waals surface area contributed by atoms with Gasteiger partial charge in [0.25, 0.3) is 0 Å². The second kappa shape index (κ2) is 8.46. The highest BCUT2D eigenvalue weighted by atomic mass is 15.1. The van der Waals surface area contributed by atoms with Crippen LogP contribution in [0, 0.1) is 0 Å². The summed E-state index contributed by atoms with van der Waals surface area (Å²) in [6, 6.07) is 33.0. The number of aryl methyl sites for hydroxylation is 1. The molecular weight excluding hydrogens is 412 g/mol. The van der Waals surface area contributed by atoms with Crippen LogP contribution in [0.25, 0.3) is 39.0 Å². The van der Waals surface area contributed by atoms with Crippen LogP contribution in [-0.4, -0.2) is 14.1 Å². The summed E-state index contributed by atoms with van der Waals surface area (Å²) in [4.78, 5) is 2.15. The minimum atomic E-state index is 1.11. The average Bonchev–Trinajstić information content (AvgIpc) is 2.88. The molecule has 0 saturated heterocycles. The summed E-state index contributed by atoms with van der Waals surface area (Å²) in [5.74, 6) is 0. The Kier molecular flexibility index (Phi) is 5.15. The third-order valence-corrected chi connectivity index (χ3v) is 7.01. The van der Waals surface area contributed by atoms with Crippen LogP contribution in [0.4, 0.5) is 5.69 Å². The first kappa shape index (κ1) is 20.7. The molecule has 34 heavy (non-hydrogen) atoms. The number of rotatable bonds is 3. The Bertz CT molecular complexity index is 1530. The highest BCUT2D eigenvalue weighted by Crippen LogP contribution is 2.38. The zero-order chi connectivity index (χ0) is 23.1.